The molecule has 3 aromatic rings. The third kappa shape index (κ3) is 5.25. The van der Waals surface area contributed by atoms with Gasteiger partial charge in [-0.1, -0.05) is 59.6 Å². The number of nitrogens with zero attached hydrogens (tertiary/aromatic N) is 1. The number of alkyl halides is 1. The highest BCUT2D eigenvalue weighted by atomic mass is 35.5. The number of amides is 1. The Morgan fingerprint density at radius 1 is 0.969 bits per heavy atom. The summed E-state index contributed by atoms with van der Waals surface area (Å²) in [6.07, 6.45) is 1.85. The maximum absolute atomic E-state index is 14.3. The van der Waals surface area contributed by atoms with Gasteiger partial charge < -0.3 is 10.2 Å². The quantitative estimate of drug-likeness (QED) is 0.389. The first kappa shape index (κ1) is 22.6. The smallest absolute Gasteiger partial charge is 0.256 e. The number of hydrogen-bond donors (Lipinski definition) is 1. The Bertz CT molecular complexity index is 1100. The summed E-state index contributed by atoms with van der Waals surface area (Å²) in [7, 11) is 1.78. The van der Waals surface area contributed by atoms with Crippen LogP contribution in [0.1, 0.15) is 39.9 Å². The Morgan fingerprint density at radius 2 is 1.59 bits per heavy atom. The first-order chi connectivity index (χ1) is 15.4. The average molecular weight is 471 g/mol. The molecule has 0 radical (unpaired) electrons. The van der Waals surface area contributed by atoms with E-state index in [0.717, 1.165) is 16.8 Å². The fourth-order valence-electron chi connectivity index (χ4n) is 3.78. The summed E-state index contributed by atoms with van der Waals surface area (Å²) < 4.78 is 14.3. The van der Waals surface area contributed by atoms with E-state index in [2.05, 4.69) is 5.32 Å². The van der Waals surface area contributed by atoms with E-state index in [1.807, 2.05) is 48.5 Å². The Kier molecular flexibility index (Phi) is 6.73. The highest BCUT2D eigenvalue weighted by Gasteiger charge is 2.44. The Labute approximate surface area is 198 Å². The fraction of sp³-hybridized carbons (Fsp3) is 0.269. The summed E-state index contributed by atoms with van der Waals surface area (Å²) in [6.45, 7) is 0.937. The molecule has 6 heteroatoms. The summed E-state index contributed by atoms with van der Waals surface area (Å²) in [5.41, 5.74) is 2.84. The maximum Gasteiger partial charge on any atom is 0.256 e. The molecule has 1 fully saturated rings. The van der Waals surface area contributed by atoms with Crippen molar-refractivity contribution in [2.45, 2.75) is 31.5 Å². The largest absolute Gasteiger partial charge is 0.387 e. The monoisotopic (exact) mass is 470 g/mol. The molecular weight excluding hydrogens is 446 g/mol. The van der Waals surface area contributed by atoms with Gasteiger partial charge in [-0.3, -0.25) is 4.79 Å². The lowest BCUT2D eigenvalue weighted by Crippen LogP contribution is -2.33. The number of rotatable bonds is 8. The molecule has 0 aliphatic heterocycles. The van der Waals surface area contributed by atoms with E-state index < -0.39 is 5.67 Å². The van der Waals surface area contributed by atoms with Gasteiger partial charge in [0.15, 0.2) is 0 Å². The second-order valence-electron chi connectivity index (χ2n) is 8.21. The van der Waals surface area contributed by atoms with E-state index in [1.165, 1.54) is 0 Å². The van der Waals surface area contributed by atoms with E-state index in [9.17, 15) is 9.18 Å². The van der Waals surface area contributed by atoms with Gasteiger partial charge in [-0.05, 0) is 66.3 Å². The number of nitrogens with one attached hydrogen (secondary N) is 1. The molecule has 0 heterocycles. The lowest BCUT2D eigenvalue weighted by Gasteiger charge is -2.24. The molecule has 0 aromatic heterocycles. The summed E-state index contributed by atoms with van der Waals surface area (Å²) in [6, 6.07) is 20.4. The van der Waals surface area contributed by atoms with Crippen LogP contribution in [0.3, 0.4) is 0 Å². The number of benzene rings is 3. The molecule has 0 saturated heterocycles. The zero-order chi connectivity index (χ0) is 22.7. The van der Waals surface area contributed by atoms with Gasteiger partial charge in [0.2, 0.25) is 0 Å². The molecule has 0 bridgehead atoms. The molecule has 0 atom stereocenters. The van der Waals surface area contributed by atoms with Crippen LogP contribution in [0.5, 0.6) is 0 Å². The predicted octanol–water partition coefficient (Wildman–Crippen LogP) is 6.88. The van der Waals surface area contributed by atoms with Gasteiger partial charge >= 0.3 is 0 Å². The highest BCUT2D eigenvalue weighted by Crippen LogP contribution is 2.49. The van der Waals surface area contributed by atoms with Crippen LogP contribution in [-0.2, 0) is 18.6 Å². The standard InChI is InChI=1S/C26H25Cl2FN2O/c1-30-24-11-10-22(28)16-23(24)25(32)31(15-12-18-4-8-21(27)9-5-18)17-19-2-6-20(7-3-19)26(29)13-14-26/h2-11,16,30H,12-15,17H2,1H3. The molecule has 166 valence electrons. The van der Waals surface area contributed by atoms with Crippen LogP contribution >= 0.6 is 23.2 Å². The van der Waals surface area contributed by atoms with Crippen LogP contribution in [0.15, 0.2) is 66.7 Å². The Balaban J connectivity index is 1.57. The summed E-state index contributed by atoms with van der Waals surface area (Å²) in [5, 5.41) is 4.26. The fourth-order valence-corrected chi connectivity index (χ4v) is 4.08. The van der Waals surface area contributed by atoms with Crippen molar-refractivity contribution in [2.75, 3.05) is 18.9 Å². The molecule has 1 aliphatic rings. The normalized spacial score (nSPS) is 14.1. The summed E-state index contributed by atoms with van der Waals surface area (Å²) in [4.78, 5) is 15.3. The predicted molar refractivity (Wildman–Crippen MR) is 129 cm³/mol. The molecule has 0 spiro atoms. The van der Waals surface area contributed by atoms with Gasteiger partial charge in [-0.2, -0.15) is 0 Å². The van der Waals surface area contributed by atoms with Crippen molar-refractivity contribution >= 4 is 34.8 Å². The van der Waals surface area contributed by atoms with Crippen molar-refractivity contribution in [3.05, 3.63) is 99.0 Å². The van der Waals surface area contributed by atoms with Crippen LogP contribution in [0, 0.1) is 0 Å². The van der Waals surface area contributed by atoms with Crippen LogP contribution in [-0.4, -0.2) is 24.4 Å². The van der Waals surface area contributed by atoms with E-state index >= 15 is 0 Å². The van der Waals surface area contributed by atoms with Gasteiger partial charge in [-0.15, -0.1) is 0 Å². The van der Waals surface area contributed by atoms with Crippen molar-refractivity contribution in [1.29, 1.82) is 0 Å². The summed E-state index contributed by atoms with van der Waals surface area (Å²) >= 11 is 12.2. The minimum Gasteiger partial charge on any atom is -0.387 e. The molecule has 1 saturated carbocycles. The Hall–Kier alpha value is -2.56. The van der Waals surface area contributed by atoms with Gasteiger partial charge in [0.1, 0.15) is 5.67 Å². The molecule has 1 amide bonds. The van der Waals surface area contributed by atoms with Crippen LogP contribution < -0.4 is 5.32 Å². The number of hydrogen-bond acceptors (Lipinski definition) is 2. The second-order valence-corrected chi connectivity index (χ2v) is 9.08. The van der Waals surface area contributed by atoms with Crippen molar-refractivity contribution in [3.63, 3.8) is 0 Å². The molecule has 4 rings (SSSR count). The van der Waals surface area contributed by atoms with Crippen molar-refractivity contribution in [3.8, 4) is 0 Å². The molecule has 1 N–H and O–H groups in total. The van der Waals surface area contributed by atoms with Gasteiger partial charge in [0.05, 0.1) is 5.56 Å². The Morgan fingerprint density at radius 3 is 2.22 bits per heavy atom. The molecule has 0 unspecified atom stereocenters. The molecule has 3 aromatic carbocycles. The van der Waals surface area contributed by atoms with Gasteiger partial charge in [-0.25, -0.2) is 4.39 Å². The molecule has 1 aliphatic carbocycles. The lowest BCUT2D eigenvalue weighted by molar-refractivity contribution is 0.0746. The topological polar surface area (TPSA) is 32.3 Å². The van der Waals surface area contributed by atoms with E-state index in [1.54, 1.807) is 30.1 Å². The first-order valence-corrected chi connectivity index (χ1v) is 11.4. The lowest BCUT2D eigenvalue weighted by atomic mass is 10.0. The van der Waals surface area contributed by atoms with E-state index in [0.29, 0.717) is 53.5 Å². The number of carbonyl (C=O) groups excluding carboxylic acids is 1. The van der Waals surface area contributed by atoms with Crippen molar-refractivity contribution in [1.82, 2.24) is 4.90 Å². The highest BCUT2D eigenvalue weighted by molar-refractivity contribution is 6.31. The minimum absolute atomic E-state index is 0.112. The van der Waals surface area contributed by atoms with Crippen LogP contribution in [0.2, 0.25) is 10.0 Å². The van der Waals surface area contributed by atoms with Crippen LogP contribution in [0.4, 0.5) is 10.1 Å². The number of carbonyl (C=O) groups is 1. The van der Waals surface area contributed by atoms with Gasteiger partial charge in [0, 0.05) is 35.9 Å². The third-order valence-electron chi connectivity index (χ3n) is 5.89. The zero-order valence-electron chi connectivity index (χ0n) is 17.9. The zero-order valence-corrected chi connectivity index (χ0v) is 19.4. The van der Waals surface area contributed by atoms with Gasteiger partial charge in [0.25, 0.3) is 5.91 Å². The average Bonchev–Trinajstić information content (AvgIpc) is 3.56. The summed E-state index contributed by atoms with van der Waals surface area (Å²) in [5.74, 6) is -0.112. The number of halogens is 3. The van der Waals surface area contributed by atoms with Crippen molar-refractivity contribution in [2.24, 2.45) is 0 Å². The van der Waals surface area contributed by atoms with Crippen LogP contribution in [0.25, 0.3) is 0 Å². The SMILES string of the molecule is CNc1ccc(Cl)cc1C(=O)N(CCc1ccc(Cl)cc1)Cc1ccc(C2(F)CC2)cc1. The minimum atomic E-state index is -1.16. The third-order valence-corrected chi connectivity index (χ3v) is 6.37. The van der Waals surface area contributed by atoms with E-state index in [-0.39, 0.29) is 5.91 Å². The molecular formula is C26H25Cl2FN2O. The van der Waals surface area contributed by atoms with E-state index in [4.69, 9.17) is 23.2 Å². The van der Waals surface area contributed by atoms with Crippen molar-refractivity contribution < 1.29 is 9.18 Å². The molecule has 32 heavy (non-hydrogen) atoms. The maximum atomic E-state index is 14.3. The molecule has 3 nitrogen and oxygen atoms in total. The number of anilines is 1. The first-order valence-electron chi connectivity index (χ1n) is 10.7. The second kappa shape index (κ2) is 9.51.